The Morgan fingerprint density at radius 1 is 0.955 bits per heavy atom. The van der Waals surface area contributed by atoms with Crippen molar-refractivity contribution in [2.24, 2.45) is 10.1 Å². The summed E-state index contributed by atoms with van der Waals surface area (Å²) in [6.07, 6.45) is 1.11. The van der Waals surface area contributed by atoms with E-state index in [1.807, 2.05) is 0 Å². The van der Waals surface area contributed by atoms with Gasteiger partial charge in [0.15, 0.2) is 34.8 Å². The molecule has 0 saturated heterocycles. The van der Waals surface area contributed by atoms with E-state index in [-0.39, 0.29) is 0 Å². The number of halogens is 6. The molecule has 1 aromatic rings. The minimum absolute atomic E-state index is 0.934. The molecule has 2 rings (SSSR count). The molecule has 4 nitrogen and oxygen atoms in total. The lowest BCUT2D eigenvalue weighted by molar-refractivity contribution is 0.407. The first kappa shape index (κ1) is 15.6. The lowest BCUT2D eigenvalue weighted by atomic mass is 9.91. The number of fused-ring (bicyclic) bond motifs is 1. The molecule has 0 unspecified atom stereocenters. The van der Waals surface area contributed by atoms with Crippen molar-refractivity contribution < 1.29 is 22.0 Å². The van der Waals surface area contributed by atoms with E-state index in [0.29, 0.717) is 0 Å². The largest absolute Gasteiger partial charge is 0.206 e. The summed E-state index contributed by atoms with van der Waals surface area (Å²) in [5.74, 6) is -9.87. The minimum Gasteiger partial charge on any atom is -0.203 e. The van der Waals surface area contributed by atoms with Gasteiger partial charge in [-0.25, -0.2) is 22.0 Å². The number of benzene rings is 1. The molecule has 1 aromatic carbocycles. The summed E-state index contributed by atoms with van der Waals surface area (Å²) in [6.45, 7) is 6.55. The van der Waals surface area contributed by atoms with E-state index in [9.17, 15) is 22.0 Å². The van der Waals surface area contributed by atoms with Gasteiger partial charge >= 0.3 is 0 Å². The molecule has 0 atom stereocenters. The van der Waals surface area contributed by atoms with E-state index >= 15 is 0 Å². The van der Waals surface area contributed by atoms with Crippen molar-refractivity contribution in [1.82, 2.24) is 0 Å². The second-order valence-electron chi connectivity index (χ2n) is 3.74. The highest BCUT2D eigenvalue weighted by molar-refractivity contribution is 6.51. The van der Waals surface area contributed by atoms with E-state index in [0.717, 1.165) is 6.19 Å². The third kappa shape index (κ3) is 2.03. The molecule has 0 amide bonds. The van der Waals surface area contributed by atoms with Crippen molar-refractivity contribution in [3.8, 4) is 6.19 Å². The Kier molecular flexibility index (Phi) is 3.93. The van der Waals surface area contributed by atoms with Crippen LogP contribution >= 0.6 is 11.6 Å². The fourth-order valence-corrected chi connectivity index (χ4v) is 2.02. The van der Waals surface area contributed by atoms with Crippen molar-refractivity contribution in [3.63, 3.8) is 0 Å². The molecule has 10 heteroatoms. The van der Waals surface area contributed by atoms with Gasteiger partial charge in [0.05, 0.1) is 16.2 Å². The average molecular weight is 331 g/mol. The van der Waals surface area contributed by atoms with Crippen molar-refractivity contribution in [3.05, 3.63) is 56.8 Å². The fourth-order valence-electron chi connectivity index (χ4n) is 1.80. The molecular weight excluding hydrogens is 331 g/mol. The molecule has 0 heterocycles. The van der Waals surface area contributed by atoms with Crippen molar-refractivity contribution in [2.75, 3.05) is 0 Å². The highest BCUT2D eigenvalue weighted by Gasteiger charge is 2.39. The average Bonchev–Trinajstić information content (AvgIpc) is 2.50. The van der Waals surface area contributed by atoms with Gasteiger partial charge in [-0.3, -0.25) is 0 Å². The van der Waals surface area contributed by atoms with Gasteiger partial charge in [0.25, 0.3) is 0 Å². The molecule has 0 N–H and O–H groups in total. The molecule has 0 aromatic heterocycles. The number of allylic oxidation sites excluding steroid dienone is 2. The third-order valence-electron chi connectivity index (χ3n) is 2.66. The Hall–Kier alpha value is -2.78. The monoisotopic (exact) mass is 330 g/mol. The van der Waals surface area contributed by atoms with Crippen LogP contribution in [0.1, 0.15) is 11.1 Å². The number of nitriles is 1. The van der Waals surface area contributed by atoms with Gasteiger partial charge in [-0.1, -0.05) is 11.6 Å². The SMILES string of the molecule is [C-]#[N+]/N=C1/C(Cl)=C(F)C(=NC#N)c2c(F)c(F)c(F)c(F)c21. The van der Waals surface area contributed by atoms with Crippen LogP contribution in [-0.2, 0) is 0 Å². The van der Waals surface area contributed by atoms with Crippen LogP contribution in [0.5, 0.6) is 0 Å². The summed E-state index contributed by atoms with van der Waals surface area (Å²) in [6, 6.07) is 0. The molecule has 0 saturated carbocycles. The topological polar surface area (TPSA) is 52.9 Å². The van der Waals surface area contributed by atoms with Crippen LogP contribution in [0.15, 0.2) is 21.0 Å². The van der Waals surface area contributed by atoms with Crippen LogP contribution in [0.3, 0.4) is 0 Å². The maximum Gasteiger partial charge on any atom is 0.206 e. The van der Waals surface area contributed by atoms with E-state index in [4.69, 9.17) is 23.4 Å². The zero-order chi connectivity index (χ0) is 16.6. The van der Waals surface area contributed by atoms with Crippen LogP contribution in [0, 0.1) is 41.3 Å². The molecule has 0 fully saturated rings. The van der Waals surface area contributed by atoms with Gasteiger partial charge in [0.1, 0.15) is 10.7 Å². The summed E-state index contributed by atoms with van der Waals surface area (Å²) < 4.78 is 68.5. The molecular formula is C12ClF5N4. The standard InChI is InChI=1S/C12ClF5N4/c1-20-22-11-3-4(7(15)10(18)9(17)6(3)14)12(21-2-19)8(16)5(11)13/b21-12?,22-11+. The smallest absolute Gasteiger partial charge is 0.203 e. The van der Waals surface area contributed by atoms with Crippen LogP contribution < -0.4 is 0 Å². The van der Waals surface area contributed by atoms with Gasteiger partial charge in [-0.2, -0.15) is 16.8 Å². The summed E-state index contributed by atoms with van der Waals surface area (Å²) >= 11 is 5.52. The van der Waals surface area contributed by atoms with Crippen LogP contribution in [0.4, 0.5) is 22.0 Å². The van der Waals surface area contributed by atoms with Crippen molar-refractivity contribution in [2.45, 2.75) is 0 Å². The molecule has 1 aliphatic rings. The van der Waals surface area contributed by atoms with E-state index in [1.54, 1.807) is 0 Å². The van der Waals surface area contributed by atoms with E-state index < -0.39 is 56.7 Å². The number of hydrogen-bond acceptors (Lipinski definition) is 3. The maximum absolute atomic E-state index is 14.0. The van der Waals surface area contributed by atoms with E-state index in [2.05, 4.69) is 15.0 Å². The van der Waals surface area contributed by atoms with Gasteiger partial charge in [0, 0.05) is 0 Å². The lowest BCUT2D eigenvalue weighted by Crippen LogP contribution is -2.25. The summed E-state index contributed by atoms with van der Waals surface area (Å²) in [5.41, 5.74) is -4.33. The molecule has 110 valence electrons. The Balaban J connectivity index is 3.09. The Bertz CT molecular complexity index is 802. The molecule has 22 heavy (non-hydrogen) atoms. The summed E-state index contributed by atoms with van der Waals surface area (Å²) in [7, 11) is 0. The summed E-state index contributed by atoms with van der Waals surface area (Å²) in [5, 5.41) is 10.5. The predicted octanol–water partition coefficient (Wildman–Crippen LogP) is 3.57. The second kappa shape index (κ2) is 5.54. The van der Waals surface area contributed by atoms with Gasteiger partial charge in [-0.15, -0.1) is 4.95 Å². The zero-order valence-corrected chi connectivity index (χ0v) is 10.8. The quantitative estimate of drug-likeness (QED) is 0.179. The highest BCUT2D eigenvalue weighted by Crippen LogP contribution is 2.36. The van der Waals surface area contributed by atoms with E-state index in [1.165, 1.54) is 0 Å². The van der Waals surface area contributed by atoms with Gasteiger partial charge in [0.2, 0.25) is 6.19 Å². The minimum atomic E-state index is -2.23. The highest BCUT2D eigenvalue weighted by atomic mass is 35.5. The Morgan fingerprint density at radius 3 is 1.91 bits per heavy atom. The van der Waals surface area contributed by atoms with Crippen LogP contribution in [-0.4, -0.2) is 11.4 Å². The Morgan fingerprint density at radius 2 is 1.45 bits per heavy atom. The third-order valence-corrected chi connectivity index (χ3v) is 3.01. The first-order valence-corrected chi connectivity index (χ1v) is 5.58. The number of nitrogens with zero attached hydrogens (tertiary/aromatic N) is 4. The molecule has 0 aliphatic heterocycles. The summed E-state index contributed by atoms with van der Waals surface area (Å²) in [4.78, 5) is 5.38. The number of aliphatic imine (C=N–C) groups is 1. The Labute approximate surface area is 124 Å². The molecule has 0 bridgehead atoms. The molecule has 1 aliphatic carbocycles. The van der Waals surface area contributed by atoms with Crippen molar-refractivity contribution in [1.29, 1.82) is 5.26 Å². The normalized spacial score (nSPS) is 17.5. The lowest BCUT2D eigenvalue weighted by Gasteiger charge is -2.18. The zero-order valence-electron chi connectivity index (χ0n) is 10.1. The maximum atomic E-state index is 14.0. The van der Waals surface area contributed by atoms with Gasteiger partial charge in [-0.05, 0) is 0 Å². The van der Waals surface area contributed by atoms with Crippen molar-refractivity contribution >= 4 is 23.0 Å². The fraction of sp³-hybridized carbons (Fsp3) is 0. The first-order chi connectivity index (χ1) is 10.4. The second-order valence-corrected chi connectivity index (χ2v) is 4.12. The number of rotatable bonds is 0. The predicted molar refractivity (Wildman–Crippen MR) is 65.5 cm³/mol. The van der Waals surface area contributed by atoms with Crippen LogP contribution in [0.25, 0.3) is 4.95 Å². The van der Waals surface area contributed by atoms with Crippen LogP contribution in [0.2, 0.25) is 0 Å². The molecule has 0 radical (unpaired) electrons. The molecule has 0 spiro atoms. The number of hydrogen-bond donors (Lipinski definition) is 0. The first-order valence-electron chi connectivity index (χ1n) is 5.20. The van der Waals surface area contributed by atoms with Gasteiger partial charge < -0.3 is 0 Å².